The van der Waals surface area contributed by atoms with Gasteiger partial charge in [0, 0.05) is 32.5 Å². The summed E-state index contributed by atoms with van der Waals surface area (Å²) in [6.45, 7) is 2.73. The van der Waals surface area contributed by atoms with Crippen LogP contribution in [0.1, 0.15) is 16.7 Å². The molecule has 0 aliphatic carbocycles. The summed E-state index contributed by atoms with van der Waals surface area (Å²) < 4.78 is 13.0. The lowest BCUT2D eigenvalue weighted by Crippen LogP contribution is -2.36. The Morgan fingerprint density at radius 2 is 1.90 bits per heavy atom. The summed E-state index contributed by atoms with van der Waals surface area (Å²) in [7, 11) is 1.78. The van der Waals surface area contributed by atoms with Crippen LogP contribution in [-0.2, 0) is 19.6 Å². The summed E-state index contributed by atoms with van der Waals surface area (Å²) in [5, 5.41) is 7.26. The number of carbonyl (C=O) groups is 1. The molecule has 2 amide bonds. The minimum atomic E-state index is -0.131. The zero-order valence-electron chi connectivity index (χ0n) is 16.4. The first-order chi connectivity index (χ1) is 14.2. The molecule has 1 aromatic heterocycles. The van der Waals surface area contributed by atoms with Gasteiger partial charge in [0.2, 0.25) is 0 Å². The van der Waals surface area contributed by atoms with Gasteiger partial charge in [0.1, 0.15) is 13.2 Å². The molecule has 2 heterocycles. The van der Waals surface area contributed by atoms with Crippen LogP contribution < -0.4 is 14.8 Å². The molecule has 0 saturated carbocycles. The standard InChI is InChI=1S/C22H24N4O3/c1-25(15-17-7-8-20-21(13-17)29-12-11-28-20)22(27)23-14-18-5-2-3-6-19(18)16-26-10-4-9-24-26/h2-10,13H,11-12,14-16H2,1H3,(H,23,27). The second-order valence-electron chi connectivity index (χ2n) is 6.97. The number of nitrogens with zero attached hydrogens (tertiary/aromatic N) is 3. The molecule has 2 aromatic carbocycles. The lowest BCUT2D eigenvalue weighted by molar-refractivity contribution is 0.171. The van der Waals surface area contributed by atoms with Crippen molar-refractivity contribution in [2.45, 2.75) is 19.6 Å². The van der Waals surface area contributed by atoms with Crippen molar-refractivity contribution in [1.82, 2.24) is 20.0 Å². The third-order valence-electron chi connectivity index (χ3n) is 4.81. The van der Waals surface area contributed by atoms with Crippen LogP contribution in [0.15, 0.2) is 60.9 Å². The smallest absolute Gasteiger partial charge is 0.317 e. The third-order valence-corrected chi connectivity index (χ3v) is 4.81. The molecule has 3 aromatic rings. The van der Waals surface area contributed by atoms with Gasteiger partial charge in [-0.1, -0.05) is 30.3 Å². The molecule has 29 heavy (non-hydrogen) atoms. The molecule has 0 bridgehead atoms. The van der Waals surface area contributed by atoms with Crippen LogP contribution >= 0.6 is 0 Å². The van der Waals surface area contributed by atoms with Gasteiger partial charge in [-0.25, -0.2) is 4.79 Å². The number of hydrogen-bond acceptors (Lipinski definition) is 4. The number of urea groups is 1. The molecule has 0 atom stereocenters. The van der Waals surface area contributed by atoms with Gasteiger partial charge >= 0.3 is 6.03 Å². The van der Waals surface area contributed by atoms with Crippen molar-refractivity contribution in [1.29, 1.82) is 0 Å². The van der Waals surface area contributed by atoms with Crippen LogP contribution in [0.5, 0.6) is 11.5 Å². The van der Waals surface area contributed by atoms with E-state index in [-0.39, 0.29) is 6.03 Å². The van der Waals surface area contributed by atoms with Gasteiger partial charge < -0.3 is 19.7 Å². The molecule has 4 rings (SSSR count). The number of hydrogen-bond donors (Lipinski definition) is 1. The van der Waals surface area contributed by atoms with Crippen molar-refractivity contribution in [3.05, 3.63) is 77.6 Å². The van der Waals surface area contributed by atoms with Crippen LogP contribution in [0.25, 0.3) is 0 Å². The molecule has 0 fully saturated rings. The molecule has 0 saturated heterocycles. The van der Waals surface area contributed by atoms with Crippen molar-refractivity contribution in [3.8, 4) is 11.5 Å². The zero-order valence-corrected chi connectivity index (χ0v) is 16.4. The minimum absolute atomic E-state index is 0.131. The molecule has 150 valence electrons. The Kier molecular flexibility index (Phi) is 5.65. The van der Waals surface area contributed by atoms with E-state index in [1.54, 1.807) is 18.1 Å². The average Bonchev–Trinajstić information content (AvgIpc) is 3.26. The van der Waals surface area contributed by atoms with Crippen LogP contribution in [-0.4, -0.2) is 41.0 Å². The summed E-state index contributed by atoms with van der Waals surface area (Å²) >= 11 is 0. The van der Waals surface area contributed by atoms with E-state index in [1.165, 1.54) is 0 Å². The van der Waals surface area contributed by atoms with Crippen LogP contribution in [0.4, 0.5) is 4.79 Å². The van der Waals surface area contributed by atoms with Gasteiger partial charge in [-0.05, 0) is 34.9 Å². The van der Waals surface area contributed by atoms with Gasteiger partial charge in [0.15, 0.2) is 11.5 Å². The van der Waals surface area contributed by atoms with Gasteiger partial charge in [-0.2, -0.15) is 5.10 Å². The normalized spacial score (nSPS) is 12.4. The maximum Gasteiger partial charge on any atom is 0.317 e. The average molecular weight is 392 g/mol. The van der Waals surface area contributed by atoms with E-state index in [4.69, 9.17) is 9.47 Å². The first-order valence-corrected chi connectivity index (χ1v) is 9.61. The largest absolute Gasteiger partial charge is 0.486 e. The maximum absolute atomic E-state index is 12.6. The fourth-order valence-corrected chi connectivity index (χ4v) is 3.29. The highest BCUT2D eigenvalue weighted by atomic mass is 16.6. The molecule has 1 aliphatic heterocycles. The Morgan fingerprint density at radius 3 is 2.69 bits per heavy atom. The number of fused-ring (bicyclic) bond motifs is 1. The Bertz CT molecular complexity index is 972. The third kappa shape index (κ3) is 4.68. The summed E-state index contributed by atoms with van der Waals surface area (Å²) in [4.78, 5) is 14.2. The predicted octanol–water partition coefficient (Wildman–Crippen LogP) is 3.04. The molecule has 1 aliphatic rings. The molecule has 0 radical (unpaired) electrons. The molecule has 1 N–H and O–H groups in total. The SMILES string of the molecule is CN(Cc1ccc2c(c1)OCCO2)C(=O)NCc1ccccc1Cn1cccn1. The minimum Gasteiger partial charge on any atom is -0.486 e. The predicted molar refractivity (Wildman–Crippen MR) is 109 cm³/mol. The van der Waals surface area contributed by atoms with E-state index in [9.17, 15) is 4.79 Å². The first-order valence-electron chi connectivity index (χ1n) is 9.61. The maximum atomic E-state index is 12.6. The van der Waals surface area contributed by atoms with Gasteiger partial charge in [0.25, 0.3) is 0 Å². The molecular formula is C22H24N4O3. The molecule has 7 heteroatoms. The van der Waals surface area contributed by atoms with E-state index in [2.05, 4.69) is 16.5 Å². The highest BCUT2D eigenvalue weighted by molar-refractivity contribution is 5.74. The van der Waals surface area contributed by atoms with Crippen molar-refractivity contribution in [2.75, 3.05) is 20.3 Å². The Morgan fingerprint density at radius 1 is 1.10 bits per heavy atom. The van der Waals surface area contributed by atoms with Crippen molar-refractivity contribution >= 4 is 6.03 Å². The van der Waals surface area contributed by atoms with E-state index >= 15 is 0 Å². The number of ether oxygens (including phenoxy) is 2. The first kappa shape index (κ1) is 18.9. The number of rotatable bonds is 6. The fourth-order valence-electron chi connectivity index (χ4n) is 3.29. The van der Waals surface area contributed by atoms with Crippen LogP contribution in [0.3, 0.4) is 0 Å². The summed E-state index contributed by atoms with van der Waals surface area (Å²) in [5.41, 5.74) is 3.20. The summed E-state index contributed by atoms with van der Waals surface area (Å²) in [6, 6.07) is 15.6. The van der Waals surface area contributed by atoms with E-state index < -0.39 is 0 Å². The van der Waals surface area contributed by atoms with Gasteiger partial charge in [-0.3, -0.25) is 4.68 Å². The lowest BCUT2D eigenvalue weighted by atomic mass is 10.1. The molecular weight excluding hydrogens is 368 g/mol. The van der Waals surface area contributed by atoms with Crippen molar-refractivity contribution < 1.29 is 14.3 Å². The van der Waals surface area contributed by atoms with E-state index in [0.29, 0.717) is 32.8 Å². The second kappa shape index (κ2) is 8.68. The zero-order chi connectivity index (χ0) is 20.1. The number of carbonyl (C=O) groups excluding carboxylic acids is 1. The van der Waals surface area contributed by atoms with E-state index in [1.807, 2.05) is 53.3 Å². The Hall–Kier alpha value is -3.48. The monoisotopic (exact) mass is 392 g/mol. The Balaban J connectivity index is 1.35. The highest BCUT2D eigenvalue weighted by Gasteiger charge is 2.14. The van der Waals surface area contributed by atoms with Crippen molar-refractivity contribution in [3.63, 3.8) is 0 Å². The van der Waals surface area contributed by atoms with Gasteiger partial charge in [0.05, 0.1) is 6.54 Å². The fraction of sp³-hybridized carbons (Fsp3) is 0.273. The summed E-state index contributed by atoms with van der Waals surface area (Å²) in [6.07, 6.45) is 3.69. The number of benzene rings is 2. The highest BCUT2D eigenvalue weighted by Crippen LogP contribution is 2.31. The second-order valence-corrected chi connectivity index (χ2v) is 6.97. The Labute approximate surface area is 169 Å². The van der Waals surface area contributed by atoms with Crippen LogP contribution in [0.2, 0.25) is 0 Å². The van der Waals surface area contributed by atoms with Gasteiger partial charge in [-0.15, -0.1) is 0 Å². The van der Waals surface area contributed by atoms with Crippen LogP contribution in [0, 0.1) is 0 Å². The topological polar surface area (TPSA) is 68.6 Å². The number of aromatic nitrogens is 2. The molecule has 7 nitrogen and oxygen atoms in total. The van der Waals surface area contributed by atoms with Crippen molar-refractivity contribution in [2.24, 2.45) is 0 Å². The quantitative estimate of drug-likeness (QED) is 0.700. The number of nitrogens with one attached hydrogen (secondary N) is 1. The molecule has 0 spiro atoms. The molecule has 0 unspecified atom stereocenters. The lowest BCUT2D eigenvalue weighted by Gasteiger charge is -2.21. The summed E-state index contributed by atoms with van der Waals surface area (Å²) in [5.74, 6) is 1.48. The number of amides is 2. The van der Waals surface area contributed by atoms with E-state index in [0.717, 1.165) is 28.2 Å².